The van der Waals surface area contributed by atoms with Gasteiger partial charge >= 0.3 is 5.97 Å². The van der Waals surface area contributed by atoms with E-state index >= 15 is 0 Å². The van der Waals surface area contributed by atoms with Crippen LogP contribution in [0.15, 0.2) is 46.6 Å². The number of halogens is 1. The average Bonchev–Trinajstić information content (AvgIpc) is 3.06. The molecule has 0 aliphatic carbocycles. The van der Waals surface area contributed by atoms with Gasteiger partial charge in [0.1, 0.15) is 11.9 Å². The van der Waals surface area contributed by atoms with Crippen LogP contribution in [0.4, 0.5) is 0 Å². The molecular formula is C21H20ClN3O5S. The smallest absolute Gasteiger partial charge is 0.305 e. The summed E-state index contributed by atoms with van der Waals surface area (Å²) in [6, 6.07) is 11.3. The van der Waals surface area contributed by atoms with Gasteiger partial charge in [0.05, 0.1) is 24.8 Å². The summed E-state index contributed by atoms with van der Waals surface area (Å²) in [5.74, 6) is -0.587. The van der Waals surface area contributed by atoms with Crippen LogP contribution in [0.3, 0.4) is 0 Å². The quantitative estimate of drug-likeness (QED) is 0.459. The van der Waals surface area contributed by atoms with Gasteiger partial charge in [0.2, 0.25) is 5.91 Å². The molecule has 1 fully saturated rings. The van der Waals surface area contributed by atoms with Gasteiger partial charge in [0.15, 0.2) is 16.7 Å². The molecule has 1 saturated heterocycles. The van der Waals surface area contributed by atoms with Crippen LogP contribution >= 0.6 is 23.4 Å². The number of methoxy groups -OCH3 is 1. The molecule has 1 amide bonds. The zero-order valence-corrected chi connectivity index (χ0v) is 18.4. The van der Waals surface area contributed by atoms with E-state index in [0.717, 1.165) is 22.9 Å². The maximum absolute atomic E-state index is 11.7. The van der Waals surface area contributed by atoms with Crippen molar-refractivity contribution in [3.63, 3.8) is 0 Å². The van der Waals surface area contributed by atoms with Gasteiger partial charge < -0.3 is 19.9 Å². The molecule has 1 unspecified atom stereocenters. The number of rotatable bonds is 8. The Kier molecular flexibility index (Phi) is 7.54. The molecule has 2 aromatic carbocycles. The molecule has 0 aromatic heterocycles. The van der Waals surface area contributed by atoms with E-state index in [1.807, 2.05) is 31.2 Å². The Morgan fingerprint density at radius 1 is 1.35 bits per heavy atom. The zero-order chi connectivity index (χ0) is 22.4. The normalized spacial score (nSPS) is 17.2. The molecule has 3 rings (SSSR count). The van der Waals surface area contributed by atoms with Crippen LogP contribution in [0.1, 0.15) is 23.1 Å². The largest absolute Gasteiger partial charge is 0.493 e. The summed E-state index contributed by atoms with van der Waals surface area (Å²) in [6.45, 7) is 2.35. The number of aliphatic carboxylic acids is 1. The molecule has 1 aliphatic heterocycles. The molecule has 8 nitrogen and oxygen atoms in total. The summed E-state index contributed by atoms with van der Waals surface area (Å²) < 4.78 is 11.3. The lowest BCUT2D eigenvalue weighted by molar-refractivity contribution is -0.138. The minimum atomic E-state index is -1.05. The van der Waals surface area contributed by atoms with Gasteiger partial charge in [0, 0.05) is 5.56 Å². The Morgan fingerprint density at radius 3 is 2.84 bits per heavy atom. The molecule has 0 radical (unpaired) electrons. The number of nitrogens with one attached hydrogen (secondary N) is 1. The zero-order valence-electron chi connectivity index (χ0n) is 16.8. The number of carboxylic acid groups (broad SMARTS) is 1. The van der Waals surface area contributed by atoms with Gasteiger partial charge in [-0.25, -0.2) is 0 Å². The van der Waals surface area contributed by atoms with Gasteiger partial charge in [-0.05, 0) is 30.2 Å². The molecule has 31 heavy (non-hydrogen) atoms. The van der Waals surface area contributed by atoms with Crippen LogP contribution in [0.25, 0.3) is 0 Å². The van der Waals surface area contributed by atoms with Crippen molar-refractivity contribution in [1.82, 2.24) is 5.32 Å². The van der Waals surface area contributed by atoms with Crippen LogP contribution in [0.5, 0.6) is 11.5 Å². The van der Waals surface area contributed by atoms with Crippen molar-refractivity contribution < 1.29 is 24.2 Å². The maximum atomic E-state index is 11.7. The Hall–Kier alpha value is -3.04. The highest BCUT2D eigenvalue weighted by molar-refractivity contribution is 8.15. The van der Waals surface area contributed by atoms with E-state index in [2.05, 4.69) is 15.5 Å². The van der Waals surface area contributed by atoms with Crippen molar-refractivity contribution in [2.75, 3.05) is 7.11 Å². The molecule has 0 bridgehead atoms. The molecule has 1 heterocycles. The summed E-state index contributed by atoms with van der Waals surface area (Å²) in [5, 5.41) is 19.1. The van der Waals surface area contributed by atoms with Crippen LogP contribution < -0.4 is 14.8 Å². The number of nitrogens with zero attached hydrogens (tertiary/aromatic N) is 2. The van der Waals surface area contributed by atoms with Crippen LogP contribution in [-0.2, 0) is 16.2 Å². The Morgan fingerprint density at radius 2 is 2.13 bits per heavy atom. The second kappa shape index (κ2) is 10.3. The summed E-state index contributed by atoms with van der Waals surface area (Å²) >= 11 is 7.42. The number of hydrogen-bond acceptors (Lipinski definition) is 7. The first-order chi connectivity index (χ1) is 14.9. The number of carboxylic acids is 1. The first-order valence-electron chi connectivity index (χ1n) is 9.22. The fraction of sp³-hybridized carbons (Fsp3) is 0.238. The summed E-state index contributed by atoms with van der Waals surface area (Å²) in [4.78, 5) is 22.5. The second-order valence-electron chi connectivity index (χ2n) is 6.59. The number of amides is 1. The molecule has 0 spiro atoms. The predicted molar refractivity (Wildman–Crippen MR) is 120 cm³/mol. The third-order valence-corrected chi connectivity index (χ3v) is 5.73. The first-order valence-corrected chi connectivity index (χ1v) is 10.5. The van der Waals surface area contributed by atoms with Gasteiger partial charge in [-0.15, -0.1) is 5.10 Å². The van der Waals surface area contributed by atoms with Crippen molar-refractivity contribution in [1.29, 1.82) is 0 Å². The number of benzene rings is 2. The van der Waals surface area contributed by atoms with Crippen molar-refractivity contribution in [2.45, 2.75) is 25.2 Å². The lowest BCUT2D eigenvalue weighted by Gasteiger charge is -2.14. The fourth-order valence-electron chi connectivity index (χ4n) is 2.77. The number of carbonyl (C=O) groups is 2. The highest BCUT2D eigenvalue weighted by atomic mass is 35.5. The number of ether oxygens (including phenoxy) is 2. The summed E-state index contributed by atoms with van der Waals surface area (Å²) in [5.41, 5.74) is 2.77. The molecule has 2 N–H and O–H groups in total. The molecule has 162 valence electrons. The number of thioether (sulfide) groups is 1. The van der Waals surface area contributed by atoms with Crippen molar-refractivity contribution in [3.05, 3.63) is 58.1 Å². The van der Waals surface area contributed by atoms with E-state index in [1.165, 1.54) is 13.3 Å². The van der Waals surface area contributed by atoms with E-state index < -0.39 is 17.1 Å². The third kappa shape index (κ3) is 5.99. The monoisotopic (exact) mass is 461 g/mol. The number of amidine groups is 1. The van der Waals surface area contributed by atoms with Gasteiger partial charge in [-0.3, -0.25) is 9.59 Å². The molecule has 1 aliphatic rings. The Labute approximate surface area is 188 Å². The number of hydrogen-bond donors (Lipinski definition) is 2. The minimum Gasteiger partial charge on any atom is -0.493 e. The summed E-state index contributed by atoms with van der Waals surface area (Å²) in [7, 11) is 1.51. The van der Waals surface area contributed by atoms with E-state index in [0.29, 0.717) is 28.7 Å². The first kappa shape index (κ1) is 22.6. The fourth-order valence-corrected chi connectivity index (χ4v) is 3.96. The lowest BCUT2D eigenvalue weighted by Crippen LogP contribution is -2.26. The molecule has 0 saturated carbocycles. The van der Waals surface area contributed by atoms with E-state index in [-0.39, 0.29) is 11.6 Å². The Balaban J connectivity index is 1.70. The van der Waals surface area contributed by atoms with Crippen molar-refractivity contribution in [2.24, 2.45) is 10.2 Å². The number of aryl methyl sites for hydroxylation is 1. The SMILES string of the molecule is COc1cc(/C=N/N=C2\NC(=O)C(CC(=O)O)S2)cc(Cl)c1OCc1ccccc1C. The third-order valence-electron chi connectivity index (χ3n) is 4.38. The number of carbonyl (C=O) groups excluding carboxylic acids is 1. The second-order valence-corrected chi connectivity index (χ2v) is 8.19. The van der Waals surface area contributed by atoms with Crippen LogP contribution in [0, 0.1) is 6.92 Å². The maximum Gasteiger partial charge on any atom is 0.305 e. The summed E-state index contributed by atoms with van der Waals surface area (Å²) in [6.07, 6.45) is 1.17. The van der Waals surface area contributed by atoms with Crippen LogP contribution in [0.2, 0.25) is 5.02 Å². The topological polar surface area (TPSA) is 110 Å². The van der Waals surface area contributed by atoms with Crippen LogP contribution in [-0.4, -0.2) is 40.7 Å². The molecule has 1 atom stereocenters. The van der Waals surface area contributed by atoms with Crippen molar-refractivity contribution in [3.8, 4) is 11.5 Å². The standard InChI is InChI=1S/C21H20ClN3O5S/c1-12-5-3-4-6-14(12)11-30-19-15(22)7-13(8-16(19)29-2)10-23-25-21-24-20(28)17(31-21)9-18(26)27/h3-8,10,17H,9,11H2,1-2H3,(H,26,27)(H,24,25,28)/b23-10+. The Bertz CT molecular complexity index is 1060. The molecule has 2 aromatic rings. The highest BCUT2D eigenvalue weighted by Gasteiger charge is 2.32. The van der Waals surface area contributed by atoms with E-state index in [1.54, 1.807) is 12.1 Å². The molecular weight excluding hydrogens is 442 g/mol. The molecule has 10 heteroatoms. The predicted octanol–water partition coefficient (Wildman–Crippen LogP) is 3.63. The van der Waals surface area contributed by atoms with Gasteiger partial charge in [-0.2, -0.15) is 5.10 Å². The van der Waals surface area contributed by atoms with E-state index in [9.17, 15) is 9.59 Å². The van der Waals surface area contributed by atoms with Gasteiger partial charge in [-0.1, -0.05) is 47.6 Å². The highest BCUT2D eigenvalue weighted by Crippen LogP contribution is 2.36. The van der Waals surface area contributed by atoms with E-state index in [4.69, 9.17) is 26.2 Å². The van der Waals surface area contributed by atoms with Gasteiger partial charge in [0.25, 0.3) is 0 Å². The van der Waals surface area contributed by atoms with Crippen molar-refractivity contribution >= 4 is 46.6 Å². The minimum absolute atomic E-state index is 0.240. The lowest BCUT2D eigenvalue weighted by atomic mass is 10.1. The average molecular weight is 462 g/mol.